The standard InChI is InChI=1S/C16H20N2OS.ClH/c1-18(10-9-14-8-5-11-20-14)16(19)15(17)12-13-6-3-2-4-7-13;/h2-8,11,15H,9-10,12,17H2,1H3;1H. The van der Waals surface area contributed by atoms with E-state index in [1.807, 2.05) is 43.4 Å². The van der Waals surface area contributed by atoms with Crippen LogP contribution in [0.1, 0.15) is 10.4 Å². The quantitative estimate of drug-likeness (QED) is 0.888. The molecular formula is C16H21ClN2OS. The largest absolute Gasteiger partial charge is 0.344 e. The van der Waals surface area contributed by atoms with Gasteiger partial charge in [0.1, 0.15) is 0 Å². The molecule has 2 N–H and O–H groups in total. The van der Waals surface area contributed by atoms with Crippen molar-refractivity contribution in [1.29, 1.82) is 0 Å². The van der Waals surface area contributed by atoms with E-state index in [0.29, 0.717) is 13.0 Å². The fourth-order valence-corrected chi connectivity index (χ4v) is 2.78. The molecule has 0 spiro atoms. The second kappa shape index (κ2) is 8.82. The Morgan fingerprint density at radius 2 is 1.95 bits per heavy atom. The first-order chi connectivity index (χ1) is 9.66. The summed E-state index contributed by atoms with van der Waals surface area (Å²) in [5.74, 6) is 0.00501. The molecule has 0 bridgehead atoms. The second-order valence-electron chi connectivity index (χ2n) is 4.89. The minimum Gasteiger partial charge on any atom is -0.344 e. The van der Waals surface area contributed by atoms with E-state index in [1.54, 1.807) is 16.2 Å². The van der Waals surface area contributed by atoms with Crippen molar-refractivity contribution in [3.05, 3.63) is 58.3 Å². The topological polar surface area (TPSA) is 46.3 Å². The van der Waals surface area contributed by atoms with Gasteiger partial charge in [-0.2, -0.15) is 0 Å². The molecule has 1 atom stereocenters. The number of hydrogen-bond acceptors (Lipinski definition) is 3. The fraction of sp³-hybridized carbons (Fsp3) is 0.312. The van der Waals surface area contributed by atoms with Gasteiger partial charge in [-0.1, -0.05) is 36.4 Å². The van der Waals surface area contributed by atoms with Crippen molar-refractivity contribution < 1.29 is 4.79 Å². The highest BCUT2D eigenvalue weighted by molar-refractivity contribution is 7.09. The minimum absolute atomic E-state index is 0. The first-order valence-electron chi connectivity index (χ1n) is 6.73. The Morgan fingerprint density at radius 3 is 2.57 bits per heavy atom. The molecule has 0 aliphatic heterocycles. The van der Waals surface area contributed by atoms with Gasteiger partial charge < -0.3 is 10.6 Å². The highest BCUT2D eigenvalue weighted by atomic mass is 35.5. The maximum absolute atomic E-state index is 12.2. The number of carbonyl (C=O) groups excluding carboxylic acids is 1. The van der Waals surface area contributed by atoms with Crippen LogP contribution in [0.25, 0.3) is 0 Å². The van der Waals surface area contributed by atoms with Crippen molar-refractivity contribution in [3.8, 4) is 0 Å². The lowest BCUT2D eigenvalue weighted by Crippen LogP contribution is -2.43. The van der Waals surface area contributed by atoms with Crippen LogP contribution < -0.4 is 5.73 Å². The van der Waals surface area contributed by atoms with Crippen molar-refractivity contribution >= 4 is 29.7 Å². The Balaban J connectivity index is 0.00000220. The number of nitrogens with two attached hydrogens (primary N) is 1. The molecular weight excluding hydrogens is 304 g/mol. The maximum atomic E-state index is 12.2. The second-order valence-corrected chi connectivity index (χ2v) is 5.92. The van der Waals surface area contributed by atoms with E-state index in [1.165, 1.54) is 4.88 Å². The van der Waals surface area contributed by atoms with Crippen molar-refractivity contribution in [1.82, 2.24) is 4.90 Å². The minimum atomic E-state index is -0.467. The molecule has 0 aliphatic rings. The Labute approximate surface area is 136 Å². The van der Waals surface area contributed by atoms with Gasteiger partial charge in [-0.3, -0.25) is 4.79 Å². The van der Waals surface area contributed by atoms with E-state index in [0.717, 1.165) is 12.0 Å². The summed E-state index contributed by atoms with van der Waals surface area (Å²) >= 11 is 1.72. The Morgan fingerprint density at radius 1 is 1.24 bits per heavy atom. The lowest BCUT2D eigenvalue weighted by Gasteiger charge is -2.21. The Kier molecular flexibility index (Phi) is 7.43. The number of benzene rings is 1. The number of hydrogen-bond donors (Lipinski definition) is 1. The molecule has 0 fully saturated rings. The Hall–Kier alpha value is -1.36. The van der Waals surface area contributed by atoms with Crippen LogP contribution in [0.2, 0.25) is 0 Å². The molecule has 1 aromatic heterocycles. The molecule has 114 valence electrons. The molecule has 0 saturated carbocycles. The van der Waals surface area contributed by atoms with Gasteiger partial charge in [0.2, 0.25) is 5.91 Å². The van der Waals surface area contributed by atoms with Crippen molar-refractivity contribution in [3.63, 3.8) is 0 Å². The molecule has 3 nitrogen and oxygen atoms in total. The lowest BCUT2D eigenvalue weighted by molar-refractivity contribution is -0.131. The Bertz CT molecular complexity index is 530. The van der Waals surface area contributed by atoms with Gasteiger partial charge in [0.25, 0.3) is 0 Å². The van der Waals surface area contributed by atoms with Gasteiger partial charge in [-0.15, -0.1) is 23.7 Å². The highest BCUT2D eigenvalue weighted by Gasteiger charge is 2.18. The van der Waals surface area contributed by atoms with E-state index >= 15 is 0 Å². The number of halogens is 1. The van der Waals surface area contributed by atoms with Crippen molar-refractivity contribution in [2.75, 3.05) is 13.6 Å². The van der Waals surface area contributed by atoms with Crippen LogP contribution in [0.5, 0.6) is 0 Å². The van der Waals surface area contributed by atoms with E-state index in [2.05, 4.69) is 11.4 Å². The zero-order valence-corrected chi connectivity index (χ0v) is 13.7. The molecule has 1 aromatic carbocycles. The summed E-state index contributed by atoms with van der Waals surface area (Å²) in [6.45, 7) is 0.710. The molecule has 0 radical (unpaired) electrons. The third-order valence-corrected chi connectivity index (χ3v) is 4.20. The number of rotatable bonds is 6. The van der Waals surface area contributed by atoms with Crippen LogP contribution >= 0.6 is 23.7 Å². The van der Waals surface area contributed by atoms with Gasteiger partial charge in [0.15, 0.2) is 0 Å². The van der Waals surface area contributed by atoms with E-state index in [9.17, 15) is 4.79 Å². The number of nitrogens with zero attached hydrogens (tertiary/aromatic N) is 1. The lowest BCUT2D eigenvalue weighted by atomic mass is 10.1. The predicted molar refractivity (Wildman–Crippen MR) is 91.0 cm³/mol. The number of thiophene rings is 1. The summed E-state index contributed by atoms with van der Waals surface area (Å²) in [6.07, 6.45) is 1.47. The number of likely N-dealkylation sites (N-methyl/N-ethyl adjacent to an activating group) is 1. The summed E-state index contributed by atoms with van der Waals surface area (Å²) in [6, 6.07) is 13.5. The molecule has 2 rings (SSSR count). The molecule has 1 unspecified atom stereocenters. The van der Waals surface area contributed by atoms with Crippen LogP contribution in [0, 0.1) is 0 Å². The van der Waals surface area contributed by atoms with E-state index in [-0.39, 0.29) is 18.3 Å². The zero-order chi connectivity index (χ0) is 14.4. The molecule has 0 saturated heterocycles. The molecule has 0 aliphatic carbocycles. The molecule has 1 heterocycles. The number of amides is 1. The summed E-state index contributed by atoms with van der Waals surface area (Å²) in [5.41, 5.74) is 7.11. The van der Waals surface area contributed by atoms with E-state index in [4.69, 9.17) is 5.73 Å². The van der Waals surface area contributed by atoms with Gasteiger partial charge >= 0.3 is 0 Å². The summed E-state index contributed by atoms with van der Waals surface area (Å²) in [7, 11) is 1.82. The van der Waals surface area contributed by atoms with Crippen LogP contribution in [-0.2, 0) is 17.6 Å². The van der Waals surface area contributed by atoms with Crippen LogP contribution in [0.3, 0.4) is 0 Å². The zero-order valence-electron chi connectivity index (χ0n) is 12.1. The van der Waals surface area contributed by atoms with E-state index < -0.39 is 6.04 Å². The fourth-order valence-electron chi connectivity index (χ4n) is 2.08. The first-order valence-corrected chi connectivity index (χ1v) is 7.61. The smallest absolute Gasteiger partial charge is 0.239 e. The number of carbonyl (C=O) groups is 1. The van der Waals surface area contributed by atoms with Crippen LogP contribution in [-0.4, -0.2) is 30.4 Å². The van der Waals surface area contributed by atoms with Gasteiger partial charge in [0, 0.05) is 18.5 Å². The monoisotopic (exact) mass is 324 g/mol. The maximum Gasteiger partial charge on any atom is 0.239 e. The van der Waals surface area contributed by atoms with Crippen LogP contribution in [0.15, 0.2) is 47.8 Å². The third-order valence-electron chi connectivity index (χ3n) is 3.27. The average Bonchev–Trinajstić information content (AvgIpc) is 2.98. The summed E-state index contributed by atoms with van der Waals surface area (Å²) in [4.78, 5) is 15.2. The predicted octanol–water partition coefficient (Wildman–Crippen LogP) is 2.74. The normalized spacial score (nSPS) is 11.5. The summed E-state index contributed by atoms with van der Waals surface area (Å²) in [5, 5.41) is 2.05. The SMILES string of the molecule is CN(CCc1cccs1)C(=O)C(N)Cc1ccccc1.Cl. The first kappa shape index (κ1) is 17.7. The summed E-state index contributed by atoms with van der Waals surface area (Å²) < 4.78 is 0. The molecule has 5 heteroatoms. The van der Waals surface area contributed by atoms with Crippen molar-refractivity contribution in [2.24, 2.45) is 5.73 Å². The molecule has 2 aromatic rings. The van der Waals surface area contributed by atoms with Gasteiger partial charge in [0.05, 0.1) is 6.04 Å². The van der Waals surface area contributed by atoms with Gasteiger partial charge in [-0.05, 0) is 29.9 Å². The molecule has 21 heavy (non-hydrogen) atoms. The van der Waals surface area contributed by atoms with Gasteiger partial charge in [-0.25, -0.2) is 0 Å². The third kappa shape index (κ3) is 5.50. The molecule has 1 amide bonds. The van der Waals surface area contributed by atoms with Crippen LogP contribution in [0.4, 0.5) is 0 Å². The average molecular weight is 325 g/mol. The highest BCUT2D eigenvalue weighted by Crippen LogP contribution is 2.10. The van der Waals surface area contributed by atoms with Crippen molar-refractivity contribution in [2.45, 2.75) is 18.9 Å².